The largest absolute Gasteiger partial charge is 0.468 e. The van der Waals surface area contributed by atoms with Gasteiger partial charge in [-0.2, -0.15) is 0 Å². The summed E-state index contributed by atoms with van der Waals surface area (Å²) in [5.74, 6) is 0.871. The summed E-state index contributed by atoms with van der Waals surface area (Å²) in [6.07, 6.45) is 1.66. The zero-order chi connectivity index (χ0) is 12.1. The maximum atomic E-state index is 11.0. The summed E-state index contributed by atoms with van der Waals surface area (Å²) < 4.78 is 10.8. The number of amides is 1. The quantitative estimate of drug-likeness (QED) is 0.842. The summed E-state index contributed by atoms with van der Waals surface area (Å²) in [4.78, 5) is 13.3. The van der Waals surface area contributed by atoms with Crippen molar-refractivity contribution in [3.8, 4) is 0 Å². The normalized spacial score (nSPS) is 18.9. The molecule has 0 saturated carbocycles. The third-order valence-corrected chi connectivity index (χ3v) is 2.90. The van der Waals surface area contributed by atoms with E-state index in [0.29, 0.717) is 6.54 Å². The van der Waals surface area contributed by atoms with E-state index in [4.69, 9.17) is 9.15 Å². The van der Waals surface area contributed by atoms with Gasteiger partial charge in [0.25, 0.3) is 0 Å². The number of ether oxygens (including phenoxy) is 1. The van der Waals surface area contributed by atoms with E-state index < -0.39 is 0 Å². The average Bonchev–Trinajstić information content (AvgIpc) is 2.84. The Hall–Kier alpha value is -1.33. The second-order valence-corrected chi connectivity index (χ2v) is 4.12. The van der Waals surface area contributed by atoms with E-state index in [1.807, 2.05) is 12.1 Å². The lowest BCUT2D eigenvalue weighted by molar-refractivity contribution is -0.119. The van der Waals surface area contributed by atoms with Gasteiger partial charge in [0.1, 0.15) is 5.76 Å². The lowest BCUT2D eigenvalue weighted by Gasteiger charge is -2.33. The molecule has 1 fully saturated rings. The summed E-state index contributed by atoms with van der Waals surface area (Å²) in [6, 6.07) is 3.91. The predicted octanol–water partition coefficient (Wildman–Crippen LogP) is 0.789. The first-order chi connectivity index (χ1) is 8.27. The minimum Gasteiger partial charge on any atom is -0.468 e. The number of hydrogen-bond acceptors (Lipinski definition) is 4. The van der Waals surface area contributed by atoms with E-state index >= 15 is 0 Å². The van der Waals surface area contributed by atoms with Crippen molar-refractivity contribution in [2.75, 3.05) is 32.8 Å². The van der Waals surface area contributed by atoms with Gasteiger partial charge in [-0.15, -0.1) is 0 Å². The second kappa shape index (κ2) is 5.84. The topological polar surface area (TPSA) is 54.7 Å². The molecule has 0 radical (unpaired) electrons. The Morgan fingerprint density at radius 2 is 2.29 bits per heavy atom. The Labute approximate surface area is 101 Å². The van der Waals surface area contributed by atoms with Crippen LogP contribution >= 0.6 is 0 Å². The van der Waals surface area contributed by atoms with Crippen LogP contribution in [0.3, 0.4) is 0 Å². The molecule has 1 aliphatic heterocycles. The molecule has 1 saturated heterocycles. The predicted molar refractivity (Wildman–Crippen MR) is 62.5 cm³/mol. The molecule has 1 atom stereocenters. The molecule has 94 valence electrons. The van der Waals surface area contributed by atoms with Crippen molar-refractivity contribution in [1.29, 1.82) is 0 Å². The molecule has 2 heterocycles. The van der Waals surface area contributed by atoms with Crippen molar-refractivity contribution in [3.63, 3.8) is 0 Å². The third-order valence-electron chi connectivity index (χ3n) is 2.90. The number of nitrogens with zero attached hydrogens (tertiary/aromatic N) is 1. The van der Waals surface area contributed by atoms with Gasteiger partial charge >= 0.3 is 0 Å². The number of carbonyl (C=O) groups excluding carboxylic acids is 1. The highest BCUT2D eigenvalue weighted by atomic mass is 16.5. The number of nitrogens with one attached hydrogen (secondary N) is 1. The van der Waals surface area contributed by atoms with Gasteiger partial charge in [0.15, 0.2) is 0 Å². The third kappa shape index (κ3) is 3.31. The van der Waals surface area contributed by atoms with Crippen LogP contribution in [0.2, 0.25) is 0 Å². The number of furan rings is 1. The molecule has 0 spiro atoms. The maximum absolute atomic E-state index is 11.0. The molecule has 1 amide bonds. The molecule has 2 rings (SSSR count). The van der Waals surface area contributed by atoms with E-state index in [1.54, 1.807) is 6.26 Å². The Bertz CT molecular complexity index is 345. The smallest absolute Gasteiger partial charge is 0.216 e. The molecular formula is C12H18N2O3. The zero-order valence-corrected chi connectivity index (χ0v) is 10.0. The molecule has 0 bridgehead atoms. The Morgan fingerprint density at radius 1 is 1.53 bits per heavy atom. The van der Waals surface area contributed by atoms with Crippen LogP contribution in [0.25, 0.3) is 0 Å². The van der Waals surface area contributed by atoms with E-state index in [2.05, 4.69) is 10.2 Å². The van der Waals surface area contributed by atoms with Crippen LogP contribution in [0, 0.1) is 0 Å². The minimum atomic E-state index is -0.0187. The van der Waals surface area contributed by atoms with Crippen LogP contribution in [0.15, 0.2) is 22.8 Å². The fourth-order valence-corrected chi connectivity index (χ4v) is 2.02. The first kappa shape index (κ1) is 12.1. The molecule has 1 unspecified atom stereocenters. The Kier molecular flexibility index (Phi) is 4.17. The molecule has 5 heteroatoms. The lowest BCUT2D eigenvalue weighted by Crippen LogP contribution is -2.43. The molecule has 0 aliphatic carbocycles. The number of morpholine rings is 1. The second-order valence-electron chi connectivity index (χ2n) is 4.12. The zero-order valence-electron chi connectivity index (χ0n) is 10.0. The number of rotatable bonds is 4. The van der Waals surface area contributed by atoms with Gasteiger partial charge in [-0.3, -0.25) is 9.69 Å². The Morgan fingerprint density at radius 3 is 2.88 bits per heavy atom. The summed E-state index contributed by atoms with van der Waals surface area (Å²) >= 11 is 0. The van der Waals surface area contributed by atoms with E-state index in [-0.39, 0.29) is 11.9 Å². The van der Waals surface area contributed by atoms with Crippen LogP contribution in [0.1, 0.15) is 18.7 Å². The van der Waals surface area contributed by atoms with Gasteiger partial charge in [-0.05, 0) is 12.1 Å². The summed E-state index contributed by atoms with van der Waals surface area (Å²) in [7, 11) is 0. The minimum absolute atomic E-state index is 0.0187. The van der Waals surface area contributed by atoms with Gasteiger partial charge in [0.2, 0.25) is 5.91 Å². The van der Waals surface area contributed by atoms with E-state index in [9.17, 15) is 4.79 Å². The van der Waals surface area contributed by atoms with Gasteiger partial charge in [-0.25, -0.2) is 0 Å². The maximum Gasteiger partial charge on any atom is 0.216 e. The molecule has 1 aromatic rings. The highest BCUT2D eigenvalue weighted by molar-refractivity contribution is 5.72. The van der Waals surface area contributed by atoms with Crippen molar-refractivity contribution in [2.24, 2.45) is 0 Å². The molecule has 1 aromatic heterocycles. The Balaban J connectivity index is 2.03. The average molecular weight is 238 g/mol. The molecule has 5 nitrogen and oxygen atoms in total. The number of carbonyl (C=O) groups is 1. The van der Waals surface area contributed by atoms with Crippen molar-refractivity contribution in [1.82, 2.24) is 10.2 Å². The highest BCUT2D eigenvalue weighted by Crippen LogP contribution is 2.21. The molecule has 1 aliphatic rings. The van der Waals surface area contributed by atoms with Gasteiger partial charge in [0, 0.05) is 26.6 Å². The molecular weight excluding hydrogens is 220 g/mol. The van der Waals surface area contributed by atoms with Crippen LogP contribution in [0.5, 0.6) is 0 Å². The van der Waals surface area contributed by atoms with Gasteiger partial charge in [-0.1, -0.05) is 0 Å². The van der Waals surface area contributed by atoms with Gasteiger partial charge < -0.3 is 14.5 Å². The summed E-state index contributed by atoms with van der Waals surface area (Å²) in [5, 5.41) is 2.85. The summed E-state index contributed by atoms with van der Waals surface area (Å²) in [6.45, 7) is 5.30. The van der Waals surface area contributed by atoms with Crippen molar-refractivity contribution in [3.05, 3.63) is 24.2 Å². The van der Waals surface area contributed by atoms with E-state index in [0.717, 1.165) is 32.1 Å². The first-order valence-electron chi connectivity index (χ1n) is 5.87. The number of hydrogen-bond donors (Lipinski definition) is 1. The molecule has 17 heavy (non-hydrogen) atoms. The van der Waals surface area contributed by atoms with Crippen molar-refractivity contribution < 1.29 is 13.9 Å². The van der Waals surface area contributed by atoms with E-state index in [1.165, 1.54) is 6.92 Å². The fourth-order valence-electron chi connectivity index (χ4n) is 2.02. The van der Waals surface area contributed by atoms with Crippen molar-refractivity contribution >= 4 is 5.91 Å². The van der Waals surface area contributed by atoms with Gasteiger partial charge in [0.05, 0.1) is 25.5 Å². The molecule has 0 aromatic carbocycles. The first-order valence-corrected chi connectivity index (χ1v) is 5.87. The standard InChI is InChI=1S/C12H18N2O3/c1-10(15)13-9-11(12-3-2-6-17-12)14-4-7-16-8-5-14/h2-3,6,11H,4-5,7-9H2,1H3,(H,13,15). The van der Waals surface area contributed by atoms with Crippen LogP contribution in [-0.2, 0) is 9.53 Å². The van der Waals surface area contributed by atoms with Crippen molar-refractivity contribution in [2.45, 2.75) is 13.0 Å². The lowest BCUT2D eigenvalue weighted by atomic mass is 10.1. The van der Waals surface area contributed by atoms with Crippen LogP contribution in [-0.4, -0.2) is 43.7 Å². The SMILES string of the molecule is CC(=O)NCC(c1ccco1)N1CCOCC1. The fraction of sp³-hybridized carbons (Fsp3) is 0.583. The monoisotopic (exact) mass is 238 g/mol. The molecule has 1 N–H and O–H groups in total. The van der Waals surface area contributed by atoms with Crippen LogP contribution < -0.4 is 5.32 Å². The summed E-state index contributed by atoms with van der Waals surface area (Å²) in [5.41, 5.74) is 0. The van der Waals surface area contributed by atoms with Crippen LogP contribution in [0.4, 0.5) is 0 Å². The highest BCUT2D eigenvalue weighted by Gasteiger charge is 2.24.